The molecule has 0 saturated carbocycles. The summed E-state index contributed by atoms with van der Waals surface area (Å²) in [5.74, 6) is 0. The van der Waals surface area contributed by atoms with Crippen molar-refractivity contribution in [3.8, 4) is 0 Å². The van der Waals surface area contributed by atoms with Gasteiger partial charge in [0.2, 0.25) is 0 Å². The summed E-state index contributed by atoms with van der Waals surface area (Å²) in [6, 6.07) is 0. The molecule has 0 rings (SSSR count). The van der Waals surface area contributed by atoms with Crippen LogP contribution in [0.5, 0.6) is 0 Å². The van der Waals surface area contributed by atoms with Gasteiger partial charge < -0.3 is 14.6 Å². The molecule has 86 valence electrons. The van der Waals surface area contributed by atoms with E-state index in [2.05, 4.69) is 13.8 Å². The first-order chi connectivity index (χ1) is 6.74. The van der Waals surface area contributed by atoms with Crippen molar-refractivity contribution in [1.82, 2.24) is 0 Å². The summed E-state index contributed by atoms with van der Waals surface area (Å²) < 4.78 is 11.0. The maximum Gasteiger partial charge on any atom is 0.0806 e. The van der Waals surface area contributed by atoms with Crippen LogP contribution >= 0.6 is 0 Å². The Bertz CT molecular complexity index is 117. The van der Waals surface area contributed by atoms with Crippen LogP contribution in [0.15, 0.2) is 0 Å². The molecule has 0 fully saturated rings. The Morgan fingerprint density at radius 1 is 1.21 bits per heavy atom. The van der Waals surface area contributed by atoms with Crippen LogP contribution in [0.3, 0.4) is 0 Å². The first-order valence-corrected chi connectivity index (χ1v) is 5.58. The van der Waals surface area contributed by atoms with E-state index in [4.69, 9.17) is 14.6 Å². The molecule has 14 heavy (non-hydrogen) atoms. The minimum atomic E-state index is -0.0844. The summed E-state index contributed by atoms with van der Waals surface area (Å²) in [6.07, 6.45) is 3.31. The fraction of sp³-hybridized carbons (Fsp3) is 1.00. The fourth-order valence-corrected chi connectivity index (χ4v) is 1.00. The minimum Gasteiger partial charge on any atom is -0.394 e. The molecule has 0 aliphatic rings. The summed E-state index contributed by atoms with van der Waals surface area (Å²) >= 11 is 0. The maximum atomic E-state index is 8.77. The summed E-state index contributed by atoms with van der Waals surface area (Å²) in [5.41, 5.74) is 0. The van der Waals surface area contributed by atoms with E-state index in [0.29, 0.717) is 6.61 Å². The van der Waals surface area contributed by atoms with Crippen LogP contribution in [-0.4, -0.2) is 37.1 Å². The lowest BCUT2D eigenvalue weighted by Gasteiger charge is -2.18. The zero-order valence-electron chi connectivity index (χ0n) is 9.66. The van der Waals surface area contributed by atoms with Gasteiger partial charge in [0, 0.05) is 6.61 Å². The van der Waals surface area contributed by atoms with Crippen molar-refractivity contribution < 1.29 is 14.6 Å². The predicted molar refractivity (Wildman–Crippen MR) is 57.4 cm³/mol. The quantitative estimate of drug-likeness (QED) is 0.584. The number of aliphatic hydroxyl groups excluding tert-OH is 1. The van der Waals surface area contributed by atoms with Crippen molar-refractivity contribution in [2.75, 3.05) is 19.8 Å². The molecule has 0 aliphatic carbocycles. The normalized spacial score (nSPS) is 15.4. The minimum absolute atomic E-state index is 0.0748. The van der Waals surface area contributed by atoms with Crippen LogP contribution in [0.1, 0.15) is 40.0 Å². The maximum absolute atomic E-state index is 8.77. The lowest BCUT2D eigenvalue weighted by Crippen LogP contribution is -2.24. The second-order valence-corrected chi connectivity index (χ2v) is 3.58. The topological polar surface area (TPSA) is 38.7 Å². The van der Waals surface area contributed by atoms with Crippen LogP contribution in [0.25, 0.3) is 0 Å². The highest BCUT2D eigenvalue weighted by atomic mass is 16.5. The number of hydrogen-bond donors (Lipinski definition) is 1. The number of hydrogen-bond acceptors (Lipinski definition) is 3. The van der Waals surface area contributed by atoms with E-state index < -0.39 is 0 Å². The average molecular weight is 204 g/mol. The van der Waals surface area contributed by atoms with E-state index in [1.54, 1.807) is 0 Å². The zero-order valence-corrected chi connectivity index (χ0v) is 9.66. The zero-order chi connectivity index (χ0) is 10.8. The van der Waals surface area contributed by atoms with Gasteiger partial charge in [0.15, 0.2) is 0 Å². The summed E-state index contributed by atoms with van der Waals surface area (Å²) in [5, 5.41) is 8.77. The van der Waals surface area contributed by atoms with Crippen LogP contribution in [0.2, 0.25) is 0 Å². The van der Waals surface area contributed by atoms with Gasteiger partial charge in [-0.1, -0.05) is 20.3 Å². The van der Waals surface area contributed by atoms with Crippen LogP contribution in [0, 0.1) is 0 Å². The van der Waals surface area contributed by atoms with Crippen LogP contribution in [0.4, 0.5) is 0 Å². The van der Waals surface area contributed by atoms with Crippen LogP contribution in [-0.2, 0) is 9.47 Å². The van der Waals surface area contributed by atoms with Crippen molar-refractivity contribution in [2.24, 2.45) is 0 Å². The molecule has 1 N–H and O–H groups in total. The monoisotopic (exact) mass is 204 g/mol. The fourth-order valence-electron chi connectivity index (χ4n) is 1.00. The van der Waals surface area contributed by atoms with Crippen molar-refractivity contribution >= 4 is 0 Å². The summed E-state index contributed by atoms with van der Waals surface area (Å²) in [4.78, 5) is 0. The van der Waals surface area contributed by atoms with E-state index in [9.17, 15) is 0 Å². The molecular formula is C11H24O3. The highest BCUT2D eigenvalue weighted by Gasteiger charge is 2.08. The molecule has 3 heteroatoms. The third-order valence-electron chi connectivity index (χ3n) is 2.13. The molecule has 0 aromatic rings. The Kier molecular flexibility index (Phi) is 9.35. The van der Waals surface area contributed by atoms with E-state index in [1.807, 2.05) is 6.92 Å². The average Bonchev–Trinajstić information content (AvgIpc) is 2.22. The van der Waals surface area contributed by atoms with Gasteiger partial charge in [-0.05, 0) is 19.8 Å². The van der Waals surface area contributed by atoms with Crippen molar-refractivity contribution in [2.45, 2.75) is 52.2 Å². The second-order valence-electron chi connectivity index (χ2n) is 3.58. The standard InChI is InChI=1S/C11H24O3/c1-4-6-7-13-11(5-2)9-14-10(3)8-12/h10-12H,4-9H2,1-3H3. The molecule has 0 heterocycles. The molecular weight excluding hydrogens is 180 g/mol. The molecule has 0 saturated heterocycles. The Balaban J connectivity index is 3.47. The molecule has 2 unspecified atom stereocenters. The first-order valence-electron chi connectivity index (χ1n) is 5.58. The summed E-state index contributed by atoms with van der Waals surface area (Å²) in [6.45, 7) is 7.57. The number of aliphatic hydroxyl groups is 1. The van der Waals surface area contributed by atoms with Crippen molar-refractivity contribution in [3.63, 3.8) is 0 Å². The second kappa shape index (κ2) is 9.44. The molecule has 3 nitrogen and oxygen atoms in total. The van der Waals surface area contributed by atoms with Gasteiger partial charge in [-0.2, -0.15) is 0 Å². The van der Waals surface area contributed by atoms with Gasteiger partial charge in [0.1, 0.15) is 0 Å². The van der Waals surface area contributed by atoms with Crippen LogP contribution < -0.4 is 0 Å². The molecule has 0 aromatic heterocycles. The third-order valence-corrected chi connectivity index (χ3v) is 2.13. The molecule has 0 amide bonds. The molecule has 0 radical (unpaired) electrons. The Hall–Kier alpha value is -0.120. The predicted octanol–water partition coefficient (Wildman–Crippen LogP) is 1.98. The highest BCUT2D eigenvalue weighted by Crippen LogP contribution is 2.02. The molecule has 2 atom stereocenters. The smallest absolute Gasteiger partial charge is 0.0806 e. The van der Waals surface area contributed by atoms with Gasteiger partial charge in [-0.15, -0.1) is 0 Å². The van der Waals surface area contributed by atoms with Crippen molar-refractivity contribution in [1.29, 1.82) is 0 Å². The van der Waals surface area contributed by atoms with Gasteiger partial charge in [-0.25, -0.2) is 0 Å². The number of unbranched alkanes of at least 4 members (excludes halogenated alkanes) is 1. The van der Waals surface area contributed by atoms with E-state index in [1.165, 1.54) is 0 Å². The molecule has 0 aromatic carbocycles. The highest BCUT2D eigenvalue weighted by molar-refractivity contribution is 4.55. The van der Waals surface area contributed by atoms with Gasteiger partial charge in [-0.3, -0.25) is 0 Å². The third kappa shape index (κ3) is 7.30. The van der Waals surface area contributed by atoms with Crippen molar-refractivity contribution in [3.05, 3.63) is 0 Å². The largest absolute Gasteiger partial charge is 0.394 e. The van der Waals surface area contributed by atoms with Gasteiger partial charge in [0.25, 0.3) is 0 Å². The Morgan fingerprint density at radius 3 is 2.43 bits per heavy atom. The van der Waals surface area contributed by atoms with E-state index in [-0.39, 0.29) is 18.8 Å². The van der Waals surface area contributed by atoms with Gasteiger partial charge >= 0.3 is 0 Å². The molecule has 0 spiro atoms. The SMILES string of the molecule is CCCCOC(CC)COC(C)CO. The number of ether oxygens (including phenoxy) is 2. The Morgan fingerprint density at radius 2 is 1.93 bits per heavy atom. The summed E-state index contributed by atoms with van der Waals surface area (Å²) in [7, 11) is 0. The van der Waals surface area contributed by atoms with E-state index in [0.717, 1.165) is 25.9 Å². The Labute approximate surface area is 87.4 Å². The lowest BCUT2D eigenvalue weighted by atomic mass is 10.3. The lowest BCUT2D eigenvalue weighted by molar-refractivity contribution is -0.0537. The van der Waals surface area contributed by atoms with E-state index >= 15 is 0 Å². The molecule has 0 bridgehead atoms. The van der Waals surface area contributed by atoms with Gasteiger partial charge in [0.05, 0.1) is 25.4 Å². The first kappa shape index (κ1) is 13.9. The molecule has 0 aliphatic heterocycles. The number of rotatable bonds is 9.